The first kappa shape index (κ1) is 28.7. The number of aliphatic hydroxyl groups excluding tert-OH is 1. The number of rotatable bonds is 18. The first-order valence-electron chi connectivity index (χ1n) is 13.8. The average Bonchev–Trinajstić information content (AvgIpc) is 2.96. The van der Waals surface area contributed by atoms with Crippen LogP contribution in [0.25, 0.3) is 0 Å². The van der Waals surface area contributed by atoms with Crippen LogP contribution in [0.1, 0.15) is 80.9 Å². The van der Waals surface area contributed by atoms with Crippen molar-refractivity contribution in [2.45, 2.75) is 69.8 Å². The van der Waals surface area contributed by atoms with Crippen LogP contribution in [0, 0.1) is 0 Å². The summed E-state index contributed by atoms with van der Waals surface area (Å²) in [5.41, 5.74) is 2.53. The van der Waals surface area contributed by atoms with Gasteiger partial charge in [0.25, 0.3) is 0 Å². The van der Waals surface area contributed by atoms with E-state index in [0.29, 0.717) is 13.2 Å². The third-order valence-electron chi connectivity index (χ3n) is 7.04. The number of aliphatic hydroxyl groups is 1. The minimum absolute atomic E-state index is 0.324. The fourth-order valence-electron chi connectivity index (χ4n) is 4.93. The third kappa shape index (κ3) is 8.34. The molecule has 4 nitrogen and oxygen atoms in total. The largest absolute Gasteiger partial charge is 0.497 e. The van der Waals surface area contributed by atoms with Crippen LogP contribution < -0.4 is 9.47 Å². The van der Waals surface area contributed by atoms with E-state index < -0.39 is 5.60 Å². The quantitative estimate of drug-likeness (QED) is 0.141. The van der Waals surface area contributed by atoms with Gasteiger partial charge in [-0.25, -0.2) is 0 Å². The lowest BCUT2D eigenvalue weighted by Gasteiger charge is -2.36. The predicted molar refractivity (Wildman–Crippen MR) is 152 cm³/mol. The lowest BCUT2D eigenvalue weighted by molar-refractivity contribution is 0.0106. The van der Waals surface area contributed by atoms with Gasteiger partial charge in [-0.15, -0.1) is 0 Å². The summed E-state index contributed by atoms with van der Waals surface area (Å²) in [4.78, 5) is 0. The molecule has 3 aromatic rings. The summed E-state index contributed by atoms with van der Waals surface area (Å²) >= 11 is 0. The molecule has 0 spiro atoms. The van der Waals surface area contributed by atoms with E-state index in [1.165, 1.54) is 44.9 Å². The van der Waals surface area contributed by atoms with Crippen molar-refractivity contribution in [2.24, 2.45) is 0 Å². The highest BCUT2D eigenvalue weighted by atomic mass is 16.5. The molecule has 3 rings (SSSR count). The Hall–Kier alpha value is -2.82. The standard InChI is InChI=1S/C33H44O4/c1-35-31-22-18-29(19-23-31)33(28-16-12-11-13-17-28,30-20-24-32(36-2)25-21-30)37-27-15-10-8-6-4-3-5-7-9-14-26-34/h11-13,16-25,34H,3-10,14-15,26-27H2,1-2H3. The molecule has 0 saturated carbocycles. The molecular weight excluding hydrogens is 460 g/mol. The van der Waals surface area contributed by atoms with Gasteiger partial charge in [-0.05, 0) is 53.8 Å². The van der Waals surface area contributed by atoms with Crippen LogP contribution in [0.3, 0.4) is 0 Å². The van der Waals surface area contributed by atoms with E-state index in [-0.39, 0.29) is 0 Å². The topological polar surface area (TPSA) is 47.9 Å². The molecule has 0 aliphatic rings. The van der Waals surface area contributed by atoms with Gasteiger partial charge in [-0.2, -0.15) is 0 Å². The van der Waals surface area contributed by atoms with Crippen molar-refractivity contribution in [2.75, 3.05) is 27.4 Å². The number of benzene rings is 3. The number of unbranched alkanes of at least 4 members (excludes halogenated alkanes) is 9. The van der Waals surface area contributed by atoms with E-state index in [4.69, 9.17) is 19.3 Å². The van der Waals surface area contributed by atoms with Crippen molar-refractivity contribution in [3.63, 3.8) is 0 Å². The summed E-state index contributed by atoms with van der Waals surface area (Å²) in [6, 6.07) is 26.9. The number of ether oxygens (including phenoxy) is 3. The number of methoxy groups -OCH3 is 2. The van der Waals surface area contributed by atoms with Gasteiger partial charge >= 0.3 is 0 Å². The SMILES string of the molecule is COc1ccc(C(OCCCCCCCCCCCCO)(c2ccccc2)c2ccc(OC)cc2)cc1. The lowest BCUT2D eigenvalue weighted by atomic mass is 9.80. The van der Waals surface area contributed by atoms with E-state index in [1.54, 1.807) is 14.2 Å². The van der Waals surface area contributed by atoms with Gasteiger partial charge in [0.05, 0.1) is 14.2 Å². The van der Waals surface area contributed by atoms with Crippen molar-refractivity contribution >= 4 is 0 Å². The minimum atomic E-state index is -0.728. The Balaban J connectivity index is 1.70. The molecule has 1 N–H and O–H groups in total. The van der Waals surface area contributed by atoms with Crippen LogP contribution in [0.4, 0.5) is 0 Å². The maximum Gasteiger partial charge on any atom is 0.143 e. The molecule has 0 aliphatic heterocycles. The van der Waals surface area contributed by atoms with Gasteiger partial charge in [-0.1, -0.05) is 106 Å². The Morgan fingerprint density at radius 3 is 1.35 bits per heavy atom. The molecule has 0 heterocycles. The Bertz CT molecular complexity index is 936. The molecule has 0 atom stereocenters. The number of hydrogen-bond acceptors (Lipinski definition) is 4. The normalized spacial score (nSPS) is 11.4. The van der Waals surface area contributed by atoms with Crippen LogP contribution >= 0.6 is 0 Å². The van der Waals surface area contributed by atoms with Crippen LogP contribution in [0.15, 0.2) is 78.9 Å². The summed E-state index contributed by atoms with van der Waals surface area (Å²) in [5, 5.41) is 8.88. The molecule has 0 saturated heterocycles. The van der Waals surface area contributed by atoms with Crippen LogP contribution in [-0.4, -0.2) is 32.5 Å². The Morgan fingerprint density at radius 2 is 0.919 bits per heavy atom. The summed E-state index contributed by atoms with van der Waals surface area (Å²) in [7, 11) is 3.38. The molecule has 4 heteroatoms. The summed E-state index contributed by atoms with van der Waals surface area (Å²) in [6.07, 6.45) is 11.9. The molecule has 3 aromatic carbocycles. The van der Waals surface area contributed by atoms with Crippen LogP contribution in [-0.2, 0) is 10.3 Å². The molecule has 0 bridgehead atoms. The molecular formula is C33H44O4. The second-order valence-corrected chi connectivity index (χ2v) is 9.61. The zero-order valence-corrected chi connectivity index (χ0v) is 22.7. The van der Waals surface area contributed by atoms with Crippen molar-refractivity contribution in [1.82, 2.24) is 0 Å². The molecule has 37 heavy (non-hydrogen) atoms. The van der Waals surface area contributed by atoms with E-state index >= 15 is 0 Å². The third-order valence-corrected chi connectivity index (χ3v) is 7.04. The van der Waals surface area contributed by atoms with Gasteiger partial charge < -0.3 is 19.3 Å². The molecule has 0 aliphatic carbocycles. The molecule has 0 aromatic heterocycles. The summed E-state index contributed by atoms with van der Waals surface area (Å²) in [6.45, 7) is 0.999. The van der Waals surface area contributed by atoms with Crippen LogP contribution in [0.5, 0.6) is 11.5 Å². The second kappa shape index (κ2) is 16.1. The Morgan fingerprint density at radius 1 is 0.514 bits per heavy atom. The van der Waals surface area contributed by atoms with Crippen molar-refractivity contribution in [3.8, 4) is 11.5 Å². The maximum absolute atomic E-state index is 8.88. The fraction of sp³-hybridized carbons (Fsp3) is 0.455. The molecule has 0 amide bonds. The van der Waals surface area contributed by atoms with E-state index in [0.717, 1.165) is 47.5 Å². The zero-order valence-electron chi connectivity index (χ0n) is 22.7. The highest BCUT2D eigenvalue weighted by Gasteiger charge is 2.37. The predicted octanol–water partition coefficient (Wildman–Crippen LogP) is 7.91. The summed E-state index contributed by atoms with van der Waals surface area (Å²) in [5.74, 6) is 1.66. The summed E-state index contributed by atoms with van der Waals surface area (Å²) < 4.78 is 17.8. The van der Waals surface area contributed by atoms with Gasteiger partial charge in [0.1, 0.15) is 17.1 Å². The smallest absolute Gasteiger partial charge is 0.143 e. The van der Waals surface area contributed by atoms with Crippen LogP contribution in [0.2, 0.25) is 0 Å². The highest BCUT2D eigenvalue weighted by Crippen LogP contribution is 2.41. The first-order chi connectivity index (χ1) is 18.2. The van der Waals surface area contributed by atoms with E-state index in [2.05, 4.69) is 48.5 Å². The molecule has 200 valence electrons. The van der Waals surface area contributed by atoms with Crippen molar-refractivity contribution < 1.29 is 19.3 Å². The van der Waals surface area contributed by atoms with Gasteiger partial charge in [0.2, 0.25) is 0 Å². The van der Waals surface area contributed by atoms with Gasteiger partial charge in [0, 0.05) is 13.2 Å². The van der Waals surface area contributed by atoms with Crippen molar-refractivity contribution in [1.29, 1.82) is 0 Å². The minimum Gasteiger partial charge on any atom is -0.497 e. The average molecular weight is 505 g/mol. The Kier molecular flexibility index (Phi) is 12.5. The monoisotopic (exact) mass is 504 g/mol. The van der Waals surface area contributed by atoms with Gasteiger partial charge in [0.15, 0.2) is 0 Å². The Labute approximate surface area is 223 Å². The molecule has 0 fully saturated rings. The second-order valence-electron chi connectivity index (χ2n) is 9.61. The number of hydrogen-bond donors (Lipinski definition) is 1. The molecule has 0 unspecified atom stereocenters. The highest BCUT2D eigenvalue weighted by molar-refractivity contribution is 5.49. The van der Waals surface area contributed by atoms with E-state index in [1.807, 2.05) is 30.3 Å². The van der Waals surface area contributed by atoms with Crippen molar-refractivity contribution in [3.05, 3.63) is 95.6 Å². The lowest BCUT2D eigenvalue weighted by Crippen LogP contribution is -2.33. The van der Waals surface area contributed by atoms with E-state index in [9.17, 15) is 0 Å². The maximum atomic E-state index is 8.88. The fourth-order valence-corrected chi connectivity index (χ4v) is 4.93. The van der Waals surface area contributed by atoms with Gasteiger partial charge in [-0.3, -0.25) is 0 Å². The first-order valence-corrected chi connectivity index (χ1v) is 13.8. The zero-order chi connectivity index (χ0) is 26.2. The molecule has 0 radical (unpaired) electrons.